The molecule has 2 aromatic rings. The summed E-state index contributed by atoms with van der Waals surface area (Å²) in [6.45, 7) is 7.27. The van der Waals surface area contributed by atoms with Crippen LogP contribution in [0.1, 0.15) is 31.7 Å². The van der Waals surface area contributed by atoms with Crippen LogP contribution in [-0.2, 0) is 11.3 Å². The zero-order valence-corrected chi connectivity index (χ0v) is 15.7. The van der Waals surface area contributed by atoms with Crippen molar-refractivity contribution in [1.29, 1.82) is 0 Å². The molecule has 26 heavy (non-hydrogen) atoms. The number of hydrogen-bond donors (Lipinski definition) is 1. The summed E-state index contributed by atoms with van der Waals surface area (Å²) in [5, 5.41) is 6.26. The normalized spacial score (nSPS) is 22.4. The fraction of sp³-hybridized carbons (Fsp3) is 0.500. The molecule has 2 fully saturated rings. The molecule has 2 heterocycles. The number of carbonyl (C=O) groups is 1. The number of likely N-dealkylation sites (tertiary alicyclic amines) is 2. The molecular formula is C22H29N3O. The third-order valence-electron chi connectivity index (χ3n) is 5.96. The molecule has 2 aliphatic rings. The Hall–Kier alpha value is -1.91. The van der Waals surface area contributed by atoms with E-state index in [1.54, 1.807) is 0 Å². The number of hydrogen-bond acceptors (Lipinski definition) is 3. The van der Waals surface area contributed by atoms with E-state index in [4.69, 9.17) is 0 Å². The molecule has 0 radical (unpaired) electrons. The molecule has 2 saturated heterocycles. The Bertz CT molecular complexity index is 762. The molecule has 1 N–H and O–H groups in total. The van der Waals surface area contributed by atoms with Crippen LogP contribution in [0.2, 0.25) is 0 Å². The van der Waals surface area contributed by atoms with E-state index in [-0.39, 0.29) is 5.91 Å². The fourth-order valence-electron chi connectivity index (χ4n) is 4.42. The second-order valence-electron chi connectivity index (χ2n) is 7.69. The molecule has 0 bridgehead atoms. The van der Waals surface area contributed by atoms with Crippen molar-refractivity contribution in [2.75, 3.05) is 26.2 Å². The Morgan fingerprint density at radius 2 is 1.81 bits per heavy atom. The van der Waals surface area contributed by atoms with Crippen molar-refractivity contribution >= 4 is 16.7 Å². The molecule has 0 aliphatic carbocycles. The van der Waals surface area contributed by atoms with Crippen molar-refractivity contribution in [2.45, 2.75) is 44.8 Å². The largest absolute Gasteiger partial charge is 0.337 e. The summed E-state index contributed by atoms with van der Waals surface area (Å²) < 4.78 is 0. The second kappa shape index (κ2) is 7.77. The first-order chi connectivity index (χ1) is 12.7. The van der Waals surface area contributed by atoms with E-state index in [1.807, 2.05) is 4.90 Å². The SMILES string of the molecule is CCN1CCC(N[C@@H]2CC(=O)N(Cc3cccc4ccccc34)C2)CC1. The van der Waals surface area contributed by atoms with Crippen LogP contribution in [0, 0.1) is 0 Å². The third-order valence-corrected chi connectivity index (χ3v) is 5.96. The number of nitrogens with zero attached hydrogens (tertiary/aromatic N) is 2. The average Bonchev–Trinajstić information content (AvgIpc) is 3.01. The van der Waals surface area contributed by atoms with E-state index >= 15 is 0 Å². The lowest BCUT2D eigenvalue weighted by Gasteiger charge is -2.33. The standard InChI is InChI=1S/C22H29N3O/c1-2-24-12-10-19(11-13-24)23-20-14-22(26)25(16-20)15-18-8-5-7-17-6-3-4-9-21(17)18/h3-9,19-20,23H,2,10-16H2,1H3/t20-/m1/s1. The summed E-state index contributed by atoms with van der Waals surface area (Å²) in [5.74, 6) is 0.279. The lowest BCUT2D eigenvalue weighted by atomic mass is 10.0. The van der Waals surface area contributed by atoms with Gasteiger partial charge in [-0.05, 0) is 48.8 Å². The lowest BCUT2D eigenvalue weighted by molar-refractivity contribution is -0.128. The molecule has 0 aromatic heterocycles. The summed E-state index contributed by atoms with van der Waals surface area (Å²) in [4.78, 5) is 17.1. The van der Waals surface area contributed by atoms with E-state index in [2.05, 4.69) is 59.6 Å². The van der Waals surface area contributed by atoms with Crippen LogP contribution in [0.25, 0.3) is 10.8 Å². The maximum atomic E-state index is 12.5. The summed E-state index contributed by atoms with van der Waals surface area (Å²) in [5.41, 5.74) is 1.24. The number of piperidine rings is 1. The molecule has 2 aromatic carbocycles. The molecule has 0 spiro atoms. The summed E-state index contributed by atoms with van der Waals surface area (Å²) in [7, 11) is 0. The van der Waals surface area contributed by atoms with Gasteiger partial charge in [0.2, 0.25) is 5.91 Å². The van der Waals surface area contributed by atoms with E-state index in [9.17, 15) is 4.79 Å². The molecule has 4 heteroatoms. The van der Waals surface area contributed by atoms with Crippen LogP contribution in [0.3, 0.4) is 0 Å². The Morgan fingerprint density at radius 3 is 2.62 bits per heavy atom. The van der Waals surface area contributed by atoms with Gasteiger partial charge in [0.05, 0.1) is 0 Å². The van der Waals surface area contributed by atoms with Crippen molar-refractivity contribution in [1.82, 2.24) is 15.1 Å². The van der Waals surface area contributed by atoms with Gasteiger partial charge in [-0.1, -0.05) is 49.4 Å². The minimum atomic E-state index is 0.279. The van der Waals surface area contributed by atoms with Crippen LogP contribution >= 0.6 is 0 Å². The molecule has 138 valence electrons. The van der Waals surface area contributed by atoms with Crippen LogP contribution in [-0.4, -0.2) is 54.0 Å². The summed E-state index contributed by atoms with van der Waals surface area (Å²) in [6, 6.07) is 15.7. The van der Waals surface area contributed by atoms with Gasteiger partial charge in [-0.15, -0.1) is 0 Å². The van der Waals surface area contributed by atoms with Gasteiger partial charge in [0.1, 0.15) is 0 Å². The number of fused-ring (bicyclic) bond motifs is 1. The van der Waals surface area contributed by atoms with Gasteiger partial charge >= 0.3 is 0 Å². The minimum absolute atomic E-state index is 0.279. The van der Waals surface area contributed by atoms with E-state index in [0.29, 0.717) is 25.0 Å². The van der Waals surface area contributed by atoms with Gasteiger partial charge in [-0.2, -0.15) is 0 Å². The highest BCUT2D eigenvalue weighted by atomic mass is 16.2. The van der Waals surface area contributed by atoms with Crippen LogP contribution < -0.4 is 5.32 Å². The van der Waals surface area contributed by atoms with Gasteiger partial charge in [0.25, 0.3) is 0 Å². The Balaban J connectivity index is 1.37. The van der Waals surface area contributed by atoms with Crippen molar-refractivity contribution < 1.29 is 4.79 Å². The van der Waals surface area contributed by atoms with E-state index in [1.165, 1.54) is 42.3 Å². The fourth-order valence-corrected chi connectivity index (χ4v) is 4.42. The first-order valence-electron chi connectivity index (χ1n) is 9.95. The molecule has 0 unspecified atom stereocenters. The van der Waals surface area contributed by atoms with Crippen LogP contribution in [0.15, 0.2) is 42.5 Å². The van der Waals surface area contributed by atoms with Crippen molar-refractivity contribution in [2.24, 2.45) is 0 Å². The summed E-state index contributed by atoms with van der Waals surface area (Å²) in [6.07, 6.45) is 3.03. The first kappa shape index (κ1) is 17.5. The van der Waals surface area contributed by atoms with Gasteiger partial charge in [0, 0.05) is 31.6 Å². The lowest BCUT2D eigenvalue weighted by Crippen LogP contribution is -2.46. The molecule has 1 amide bonds. The quantitative estimate of drug-likeness (QED) is 0.899. The minimum Gasteiger partial charge on any atom is -0.337 e. The predicted molar refractivity (Wildman–Crippen MR) is 106 cm³/mol. The number of rotatable bonds is 5. The zero-order valence-electron chi connectivity index (χ0n) is 15.7. The summed E-state index contributed by atoms with van der Waals surface area (Å²) >= 11 is 0. The Labute approximate surface area is 156 Å². The van der Waals surface area contributed by atoms with Gasteiger partial charge in [-0.3, -0.25) is 4.79 Å². The van der Waals surface area contributed by atoms with E-state index < -0.39 is 0 Å². The molecular weight excluding hydrogens is 322 g/mol. The van der Waals surface area contributed by atoms with Crippen molar-refractivity contribution in [3.8, 4) is 0 Å². The maximum absolute atomic E-state index is 12.5. The van der Waals surface area contributed by atoms with Crippen LogP contribution in [0.5, 0.6) is 0 Å². The third kappa shape index (κ3) is 3.76. The highest BCUT2D eigenvalue weighted by Gasteiger charge is 2.31. The number of amides is 1. The molecule has 4 rings (SSSR count). The van der Waals surface area contributed by atoms with Gasteiger partial charge in [-0.25, -0.2) is 0 Å². The van der Waals surface area contributed by atoms with Crippen molar-refractivity contribution in [3.05, 3.63) is 48.0 Å². The Kier molecular flexibility index (Phi) is 5.23. The maximum Gasteiger partial charge on any atom is 0.224 e. The Morgan fingerprint density at radius 1 is 1.04 bits per heavy atom. The predicted octanol–water partition coefficient (Wildman–Crippen LogP) is 3.01. The second-order valence-corrected chi connectivity index (χ2v) is 7.69. The smallest absolute Gasteiger partial charge is 0.224 e. The highest BCUT2D eigenvalue weighted by molar-refractivity contribution is 5.86. The molecule has 1 atom stereocenters. The van der Waals surface area contributed by atoms with Gasteiger partial charge in [0.15, 0.2) is 0 Å². The number of benzene rings is 2. The first-order valence-corrected chi connectivity index (χ1v) is 9.95. The monoisotopic (exact) mass is 351 g/mol. The van der Waals surface area contributed by atoms with Gasteiger partial charge < -0.3 is 15.1 Å². The van der Waals surface area contributed by atoms with Crippen LogP contribution in [0.4, 0.5) is 0 Å². The molecule has 0 saturated carbocycles. The van der Waals surface area contributed by atoms with E-state index in [0.717, 1.165) is 13.1 Å². The average molecular weight is 351 g/mol. The number of carbonyl (C=O) groups excluding carboxylic acids is 1. The molecule has 4 nitrogen and oxygen atoms in total. The van der Waals surface area contributed by atoms with Crippen molar-refractivity contribution in [3.63, 3.8) is 0 Å². The topological polar surface area (TPSA) is 35.6 Å². The number of nitrogens with one attached hydrogen (secondary N) is 1. The molecule has 2 aliphatic heterocycles. The zero-order chi connectivity index (χ0) is 17.9. The highest BCUT2D eigenvalue weighted by Crippen LogP contribution is 2.23.